The lowest BCUT2D eigenvalue weighted by Gasteiger charge is -2.36. The summed E-state index contributed by atoms with van der Waals surface area (Å²) in [5, 5.41) is 0. The molecule has 2 atom stereocenters. The first-order valence-electron chi connectivity index (χ1n) is 6.37. The second-order valence-corrected chi connectivity index (χ2v) is 4.87. The first-order chi connectivity index (χ1) is 9.20. The van der Waals surface area contributed by atoms with Gasteiger partial charge in [0.25, 0.3) is 0 Å². The Balaban J connectivity index is 2.19. The Kier molecular flexibility index (Phi) is 2.84. The number of rotatable bonds is 1. The van der Waals surface area contributed by atoms with Gasteiger partial charge in [0.15, 0.2) is 0 Å². The van der Waals surface area contributed by atoms with Crippen molar-refractivity contribution in [1.29, 1.82) is 0 Å². The Morgan fingerprint density at radius 1 is 1.00 bits per heavy atom. The highest BCUT2D eigenvalue weighted by Crippen LogP contribution is 2.38. The van der Waals surface area contributed by atoms with Crippen LogP contribution in [-0.2, 0) is 4.79 Å². The first kappa shape index (κ1) is 11.9. The third kappa shape index (κ3) is 1.83. The minimum Gasteiger partial charge on any atom is -0.319 e. The van der Waals surface area contributed by atoms with Gasteiger partial charge >= 0.3 is 0 Å². The van der Waals surface area contributed by atoms with Crippen molar-refractivity contribution in [2.45, 2.75) is 12.0 Å². The SMILES string of the molecule is CN1C(=O)[C@H](N)[C@H](c2ccccc2)c2ccccc21. The van der Waals surface area contributed by atoms with Gasteiger partial charge in [0.2, 0.25) is 5.91 Å². The van der Waals surface area contributed by atoms with E-state index in [1.165, 1.54) is 0 Å². The molecule has 3 nitrogen and oxygen atoms in total. The Hall–Kier alpha value is -2.13. The zero-order chi connectivity index (χ0) is 13.4. The molecule has 0 aliphatic carbocycles. The number of nitrogens with two attached hydrogens (primary N) is 1. The fourth-order valence-electron chi connectivity index (χ4n) is 2.78. The van der Waals surface area contributed by atoms with Gasteiger partial charge in [-0.2, -0.15) is 0 Å². The third-order valence-electron chi connectivity index (χ3n) is 3.77. The van der Waals surface area contributed by atoms with Gasteiger partial charge in [-0.05, 0) is 17.2 Å². The number of hydrogen-bond acceptors (Lipinski definition) is 2. The predicted molar refractivity (Wildman–Crippen MR) is 76.1 cm³/mol. The second-order valence-electron chi connectivity index (χ2n) is 4.87. The molecule has 19 heavy (non-hydrogen) atoms. The summed E-state index contributed by atoms with van der Waals surface area (Å²) in [4.78, 5) is 13.9. The lowest BCUT2D eigenvalue weighted by molar-refractivity contribution is -0.120. The van der Waals surface area contributed by atoms with Gasteiger partial charge in [-0.25, -0.2) is 0 Å². The molecule has 0 saturated carbocycles. The van der Waals surface area contributed by atoms with Gasteiger partial charge in [0.05, 0.1) is 6.04 Å². The summed E-state index contributed by atoms with van der Waals surface area (Å²) < 4.78 is 0. The van der Waals surface area contributed by atoms with Crippen LogP contribution in [0.3, 0.4) is 0 Å². The molecule has 0 aromatic heterocycles. The fourth-order valence-corrected chi connectivity index (χ4v) is 2.78. The molecule has 1 heterocycles. The Labute approximate surface area is 112 Å². The van der Waals surface area contributed by atoms with Gasteiger partial charge < -0.3 is 10.6 Å². The molecular formula is C16H16N2O. The zero-order valence-corrected chi connectivity index (χ0v) is 10.8. The molecule has 0 radical (unpaired) electrons. The van der Waals surface area contributed by atoms with E-state index in [1.54, 1.807) is 11.9 Å². The maximum absolute atomic E-state index is 12.3. The Bertz CT molecular complexity index is 609. The van der Waals surface area contributed by atoms with E-state index in [4.69, 9.17) is 5.73 Å². The molecule has 0 fully saturated rings. The van der Waals surface area contributed by atoms with Crippen LogP contribution in [0.25, 0.3) is 0 Å². The summed E-state index contributed by atoms with van der Waals surface area (Å²) in [5.41, 5.74) is 9.32. The van der Waals surface area contributed by atoms with E-state index in [0.29, 0.717) is 0 Å². The zero-order valence-electron chi connectivity index (χ0n) is 10.8. The average molecular weight is 252 g/mol. The van der Waals surface area contributed by atoms with Crippen LogP contribution in [0.15, 0.2) is 54.6 Å². The van der Waals surface area contributed by atoms with Crippen molar-refractivity contribution in [3.63, 3.8) is 0 Å². The lowest BCUT2D eigenvalue weighted by Crippen LogP contribution is -2.49. The number of carbonyl (C=O) groups excluding carboxylic acids is 1. The Morgan fingerprint density at radius 3 is 2.37 bits per heavy atom. The van der Waals surface area contributed by atoms with E-state index in [9.17, 15) is 4.79 Å². The third-order valence-corrected chi connectivity index (χ3v) is 3.77. The Morgan fingerprint density at radius 2 is 1.63 bits per heavy atom. The lowest BCUT2D eigenvalue weighted by atomic mass is 9.81. The van der Waals surface area contributed by atoms with E-state index in [0.717, 1.165) is 16.8 Å². The van der Waals surface area contributed by atoms with Crippen LogP contribution < -0.4 is 10.6 Å². The van der Waals surface area contributed by atoms with Crippen LogP contribution in [0.4, 0.5) is 5.69 Å². The number of anilines is 1. The standard InChI is InChI=1S/C16H16N2O/c1-18-13-10-6-5-9-12(13)14(15(17)16(18)19)11-7-3-2-4-8-11/h2-10,14-15H,17H2,1H3/t14-,15-/m1/s1. The van der Waals surface area contributed by atoms with Crippen LogP contribution >= 0.6 is 0 Å². The fraction of sp³-hybridized carbons (Fsp3) is 0.188. The number of hydrogen-bond donors (Lipinski definition) is 1. The van der Waals surface area contributed by atoms with Crippen molar-refractivity contribution in [2.24, 2.45) is 5.73 Å². The summed E-state index contributed by atoms with van der Waals surface area (Å²) in [6.45, 7) is 0. The molecule has 2 aromatic rings. The number of fused-ring (bicyclic) bond motifs is 1. The van der Waals surface area contributed by atoms with Gasteiger partial charge in [-0.1, -0.05) is 48.5 Å². The van der Waals surface area contributed by atoms with E-state index in [-0.39, 0.29) is 11.8 Å². The van der Waals surface area contributed by atoms with Crippen LogP contribution in [0.1, 0.15) is 17.0 Å². The molecular weight excluding hydrogens is 236 g/mol. The molecule has 0 bridgehead atoms. The molecule has 3 rings (SSSR count). The summed E-state index contributed by atoms with van der Waals surface area (Å²) in [7, 11) is 1.78. The minimum absolute atomic E-state index is 0.0347. The van der Waals surface area contributed by atoms with E-state index in [1.807, 2.05) is 48.5 Å². The van der Waals surface area contributed by atoms with Crippen LogP contribution in [-0.4, -0.2) is 19.0 Å². The highest BCUT2D eigenvalue weighted by atomic mass is 16.2. The number of nitrogens with zero attached hydrogens (tertiary/aromatic N) is 1. The number of para-hydroxylation sites is 1. The maximum Gasteiger partial charge on any atom is 0.244 e. The molecule has 0 unspecified atom stereocenters. The molecule has 96 valence electrons. The minimum atomic E-state index is -0.526. The highest BCUT2D eigenvalue weighted by molar-refractivity contribution is 6.01. The predicted octanol–water partition coefficient (Wildman–Crippen LogP) is 2.12. The van der Waals surface area contributed by atoms with E-state index in [2.05, 4.69) is 6.07 Å². The monoisotopic (exact) mass is 252 g/mol. The number of carbonyl (C=O) groups is 1. The summed E-state index contributed by atoms with van der Waals surface area (Å²) >= 11 is 0. The van der Waals surface area contributed by atoms with E-state index < -0.39 is 6.04 Å². The average Bonchev–Trinajstić information content (AvgIpc) is 2.46. The summed E-state index contributed by atoms with van der Waals surface area (Å²) in [5.74, 6) is -0.103. The van der Waals surface area contributed by atoms with Gasteiger partial charge in [0, 0.05) is 18.7 Å². The van der Waals surface area contributed by atoms with Crippen molar-refractivity contribution in [3.8, 4) is 0 Å². The van der Waals surface area contributed by atoms with Crippen molar-refractivity contribution in [2.75, 3.05) is 11.9 Å². The molecule has 2 N–H and O–H groups in total. The largest absolute Gasteiger partial charge is 0.319 e. The van der Waals surface area contributed by atoms with Crippen molar-refractivity contribution >= 4 is 11.6 Å². The van der Waals surface area contributed by atoms with Gasteiger partial charge in [-0.15, -0.1) is 0 Å². The summed E-state index contributed by atoms with van der Waals surface area (Å²) in [6.07, 6.45) is 0. The normalized spacial score (nSPS) is 22.2. The van der Waals surface area contributed by atoms with Crippen molar-refractivity contribution < 1.29 is 4.79 Å². The molecule has 0 spiro atoms. The van der Waals surface area contributed by atoms with Crippen molar-refractivity contribution in [3.05, 3.63) is 65.7 Å². The van der Waals surface area contributed by atoms with Gasteiger partial charge in [-0.3, -0.25) is 4.79 Å². The molecule has 2 aromatic carbocycles. The topological polar surface area (TPSA) is 46.3 Å². The molecule has 0 saturated heterocycles. The molecule has 1 aliphatic rings. The van der Waals surface area contributed by atoms with E-state index >= 15 is 0 Å². The smallest absolute Gasteiger partial charge is 0.244 e. The highest BCUT2D eigenvalue weighted by Gasteiger charge is 2.36. The molecule has 1 aliphatic heterocycles. The number of amides is 1. The first-order valence-corrected chi connectivity index (χ1v) is 6.37. The second kappa shape index (κ2) is 4.52. The molecule has 3 heteroatoms. The molecule has 1 amide bonds. The van der Waals surface area contributed by atoms with Crippen LogP contribution in [0, 0.1) is 0 Å². The van der Waals surface area contributed by atoms with Gasteiger partial charge in [0.1, 0.15) is 0 Å². The van der Waals surface area contributed by atoms with Crippen LogP contribution in [0.2, 0.25) is 0 Å². The quantitative estimate of drug-likeness (QED) is 0.845. The maximum atomic E-state index is 12.3. The van der Waals surface area contributed by atoms with Crippen LogP contribution in [0.5, 0.6) is 0 Å². The number of likely N-dealkylation sites (N-methyl/N-ethyl adjacent to an activating group) is 1. The van der Waals surface area contributed by atoms with Crippen molar-refractivity contribution in [1.82, 2.24) is 0 Å². The number of benzene rings is 2. The summed E-state index contributed by atoms with van der Waals surface area (Å²) in [6, 6.07) is 17.4.